The highest BCUT2D eigenvalue weighted by Crippen LogP contribution is 2.52. The van der Waals surface area contributed by atoms with E-state index in [9.17, 15) is 22.8 Å². The zero-order valence-corrected chi connectivity index (χ0v) is 15.1. The molecule has 144 valence electrons. The number of hydrogen-bond acceptors (Lipinski definition) is 2. The third kappa shape index (κ3) is 2.43. The molecule has 0 N–H and O–H groups in total. The van der Waals surface area contributed by atoms with Gasteiger partial charge in [-0.3, -0.25) is 9.59 Å². The Morgan fingerprint density at radius 1 is 0.964 bits per heavy atom. The molecule has 2 bridgehead atoms. The van der Waals surface area contributed by atoms with Crippen molar-refractivity contribution < 1.29 is 22.8 Å². The molecule has 0 atom stereocenters. The molecule has 0 spiro atoms. The Bertz CT molecular complexity index is 1010. The molecule has 1 saturated carbocycles. The van der Waals surface area contributed by atoms with Crippen LogP contribution in [0.25, 0.3) is 0 Å². The Morgan fingerprint density at radius 3 is 2.39 bits per heavy atom. The minimum atomic E-state index is -4.53. The predicted molar refractivity (Wildman–Crippen MR) is 97.3 cm³/mol. The van der Waals surface area contributed by atoms with Crippen LogP contribution in [0, 0.1) is 5.92 Å². The largest absolute Gasteiger partial charge is 0.416 e. The minimum absolute atomic E-state index is 0.0287. The quantitative estimate of drug-likeness (QED) is 0.665. The summed E-state index contributed by atoms with van der Waals surface area (Å²) in [7, 11) is 0. The molecule has 3 nitrogen and oxygen atoms in total. The van der Waals surface area contributed by atoms with Gasteiger partial charge in [0.1, 0.15) is 0 Å². The number of hydrogen-bond donors (Lipinski definition) is 0. The Balaban J connectivity index is 1.52. The Hall–Kier alpha value is -2.63. The summed E-state index contributed by atoms with van der Waals surface area (Å²) in [5, 5.41) is 0. The number of anilines is 1. The standard InChI is InChI=1S/C22H18F3NO2/c23-22(24,25)14-7-4-8-15(11-14)26-20(27)18-13-9-16(12-5-2-1-3-6-12)17(10-13)19(18)21(26)28/h4,7-9,11-12H,1-3,5-6,10H2. The molecule has 3 aliphatic carbocycles. The first-order chi connectivity index (χ1) is 13.4. The Labute approximate surface area is 160 Å². The van der Waals surface area contributed by atoms with Crippen LogP contribution in [0.2, 0.25) is 0 Å². The van der Waals surface area contributed by atoms with Crippen LogP contribution >= 0.6 is 0 Å². The number of amides is 2. The number of allylic oxidation sites excluding steroid dienone is 2. The summed E-state index contributed by atoms with van der Waals surface area (Å²) in [6.07, 6.45) is 3.85. The number of halogens is 3. The lowest BCUT2D eigenvalue weighted by Crippen LogP contribution is -2.32. The molecule has 1 heterocycles. The molecule has 0 aromatic heterocycles. The maximum Gasteiger partial charge on any atom is 0.416 e. The minimum Gasteiger partial charge on any atom is -0.268 e. The highest BCUT2D eigenvalue weighted by atomic mass is 19.4. The SMILES string of the molecule is O=C1C2=C(C(=O)N1c1cccc(C(F)(F)F)c1)C1=C(C3CCCCC3)C=C2C1. The number of carbonyl (C=O) groups is 2. The van der Waals surface area contributed by atoms with Crippen LogP contribution in [0.4, 0.5) is 18.9 Å². The lowest BCUT2D eigenvalue weighted by Gasteiger charge is -2.24. The van der Waals surface area contributed by atoms with Gasteiger partial charge >= 0.3 is 6.18 Å². The van der Waals surface area contributed by atoms with Gasteiger partial charge in [0.2, 0.25) is 0 Å². The van der Waals surface area contributed by atoms with E-state index < -0.39 is 23.6 Å². The molecule has 28 heavy (non-hydrogen) atoms. The zero-order chi connectivity index (χ0) is 19.6. The third-order valence-electron chi connectivity index (χ3n) is 6.23. The normalized spacial score (nSPS) is 22.5. The van der Waals surface area contributed by atoms with E-state index >= 15 is 0 Å². The molecule has 0 radical (unpaired) electrons. The van der Waals surface area contributed by atoms with E-state index in [0.717, 1.165) is 41.0 Å². The van der Waals surface area contributed by atoms with E-state index in [-0.39, 0.29) is 5.69 Å². The summed E-state index contributed by atoms with van der Waals surface area (Å²) in [4.78, 5) is 26.9. The lowest BCUT2D eigenvalue weighted by molar-refractivity contribution is -0.137. The fraction of sp³-hybridized carbons (Fsp3) is 0.364. The van der Waals surface area contributed by atoms with Crippen molar-refractivity contribution in [3.63, 3.8) is 0 Å². The number of alkyl halides is 3. The Morgan fingerprint density at radius 2 is 1.68 bits per heavy atom. The Kier molecular flexibility index (Phi) is 3.70. The van der Waals surface area contributed by atoms with Crippen LogP contribution in [0.15, 0.2) is 58.2 Å². The molecule has 1 aliphatic heterocycles. The molecule has 1 fully saturated rings. The summed E-state index contributed by atoms with van der Waals surface area (Å²) < 4.78 is 39.2. The van der Waals surface area contributed by atoms with E-state index in [2.05, 4.69) is 0 Å². The number of benzene rings is 1. The van der Waals surface area contributed by atoms with Crippen molar-refractivity contribution in [3.8, 4) is 0 Å². The van der Waals surface area contributed by atoms with Crippen LogP contribution in [-0.4, -0.2) is 11.8 Å². The van der Waals surface area contributed by atoms with Gasteiger partial charge in [-0.25, -0.2) is 4.90 Å². The molecule has 0 saturated heterocycles. The van der Waals surface area contributed by atoms with Crippen LogP contribution in [-0.2, 0) is 15.8 Å². The fourth-order valence-electron chi connectivity index (χ4n) is 4.95. The van der Waals surface area contributed by atoms with Crippen molar-refractivity contribution in [3.05, 3.63) is 63.8 Å². The maximum atomic E-state index is 13.1. The number of rotatable bonds is 2. The second-order valence-corrected chi connectivity index (χ2v) is 7.86. The van der Waals surface area contributed by atoms with Crippen molar-refractivity contribution in [2.24, 2.45) is 5.92 Å². The average Bonchev–Trinajstić information content (AvgIpc) is 3.33. The van der Waals surface area contributed by atoms with Gasteiger partial charge in [-0.05, 0) is 60.1 Å². The van der Waals surface area contributed by atoms with Crippen LogP contribution in [0.3, 0.4) is 0 Å². The monoisotopic (exact) mass is 385 g/mol. The highest BCUT2D eigenvalue weighted by molar-refractivity contribution is 6.37. The van der Waals surface area contributed by atoms with E-state index in [1.807, 2.05) is 6.08 Å². The topological polar surface area (TPSA) is 37.4 Å². The lowest BCUT2D eigenvalue weighted by atomic mass is 9.81. The second kappa shape index (κ2) is 5.93. The van der Waals surface area contributed by atoms with Crippen molar-refractivity contribution in [2.75, 3.05) is 4.90 Å². The third-order valence-corrected chi connectivity index (χ3v) is 6.23. The van der Waals surface area contributed by atoms with Gasteiger partial charge in [0.25, 0.3) is 11.8 Å². The number of fused-ring (bicyclic) bond motifs is 4. The first-order valence-corrected chi connectivity index (χ1v) is 9.61. The van der Waals surface area contributed by atoms with Gasteiger partial charge in [0.15, 0.2) is 0 Å². The van der Waals surface area contributed by atoms with Crippen LogP contribution in [0.1, 0.15) is 44.1 Å². The molecule has 2 amide bonds. The summed E-state index contributed by atoms with van der Waals surface area (Å²) in [5.41, 5.74) is 2.84. The fourth-order valence-corrected chi connectivity index (χ4v) is 4.95. The van der Waals surface area contributed by atoms with Crippen molar-refractivity contribution in [1.29, 1.82) is 0 Å². The number of nitrogens with zero attached hydrogens (tertiary/aromatic N) is 1. The molecule has 4 aliphatic rings. The van der Waals surface area contributed by atoms with Gasteiger partial charge < -0.3 is 0 Å². The highest BCUT2D eigenvalue weighted by Gasteiger charge is 2.49. The van der Waals surface area contributed by atoms with Gasteiger partial charge in [-0.2, -0.15) is 13.2 Å². The van der Waals surface area contributed by atoms with E-state index in [1.165, 1.54) is 37.0 Å². The molecule has 5 rings (SSSR count). The first kappa shape index (κ1) is 17.5. The second-order valence-electron chi connectivity index (χ2n) is 7.86. The average molecular weight is 385 g/mol. The molecule has 1 aromatic carbocycles. The predicted octanol–water partition coefficient (Wildman–Crippen LogP) is 5.10. The summed E-state index contributed by atoms with van der Waals surface area (Å²) in [6.45, 7) is 0. The summed E-state index contributed by atoms with van der Waals surface area (Å²) >= 11 is 0. The van der Waals surface area contributed by atoms with E-state index in [0.29, 0.717) is 23.5 Å². The first-order valence-electron chi connectivity index (χ1n) is 9.61. The van der Waals surface area contributed by atoms with Crippen molar-refractivity contribution in [2.45, 2.75) is 44.7 Å². The van der Waals surface area contributed by atoms with Gasteiger partial charge in [0.05, 0.1) is 22.4 Å². The molecular formula is C22H18F3NO2. The zero-order valence-electron chi connectivity index (χ0n) is 15.1. The summed E-state index contributed by atoms with van der Waals surface area (Å²) in [6, 6.07) is 4.40. The van der Waals surface area contributed by atoms with E-state index in [4.69, 9.17) is 0 Å². The number of imide groups is 1. The van der Waals surface area contributed by atoms with Crippen LogP contribution < -0.4 is 4.90 Å². The van der Waals surface area contributed by atoms with Gasteiger partial charge in [-0.1, -0.05) is 31.4 Å². The van der Waals surface area contributed by atoms with Gasteiger partial charge in [0, 0.05) is 0 Å². The molecular weight excluding hydrogens is 367 g/mol. The van der Waals surface area contributed by atoms with Crippen LogP contribution in [0.5, 0.6) is 0 Å². The summed E-state index contributed by atoms with van der Waals surface area (Å²) in [5.74, 6) is -0.588. The molecule has 6 heteroatoms. The molecule has 0 unspecified atom stereocenters. The van der Waals surface area contributed by atoms with E-state index in [1.54, 1.807) is 0 Å². The smallest absolute Gasteiger partial charge is 0.268 e. The van der Waals surface area contributed by atoms with Gasteiger partial charge in [-0.15, -0.1) is 0 Å². The number of carbonyl (C=O) groups excluding carboxylic acids is 2. The maximum absolute atomic E-state index is 13.1. The molecule has 1 aromatic rings. The van der Waals surface area contributed by atoms with Crippen molar-refractivity contribution in [1.82, 2.24) is 0 Å². The van der Waals surface area contributed by atoms with Crippen molar-refractivity contribution >= 4 is 17.5 Å².